The van der Waals surface area contributed by atoms with Gasteiger partial charge in [0.1, 0.15) is 6.26 Å². The number of hydrogen-bond donors (Lipinski definition) is 0. The minimum atomic E-state index is -1.25. The van der Waals surface area contributed by atoms with Gasteiger partial charge in [-0.3, -0.25) is 4.79 Å². The summed E-state index contributed by atoms with van der Waals surface area (Å²) in [6.45, 7) is 0. The quantitative estimate of drug-likeness (QED) is 0.728. The largest absolute Gasteiger partial charge is 0.611 e. The molecule has 1 atom stereocenters. The molecule has 0 aliphatic heterocycles. The third kappa shape index (κ3) is 1.46. The van der Waals surface area contributed by atoms with Crippen LogP contribution in [0.25, 0.3) is 10.3 Å². The monoisotopic (exact) mass is 248 g/mol. The van der Waals surface area contributed by atoms with Gasteiger partial charge in [0.25, 0.3) is 0 Å². The maximum Gasteiger partial charge on any atom is 0.247 e. The van der Waals surface area contributed by atoms with Crippen molar-refractivity contribution in [2.75, 3.05) is 6.26 Å². The maximum absolute atomic E-state index is 11.6. The Labute approximate surface area is 91.5 Å². The summed E-state index contributed by atoms with van der Waals surface area (Å²) < 4.78 is 17.3. The van der Waals surface area contributed by atoms with Crippen molar-refractivity contribution in [2.24, 2.45) is 0 Å². The highest BCUT2D eigenvalue weighted by atomic mass is 35.5. The lowest BCUT2D eigenvalue weighted by molar-refractivity contribution is 0.602. The van der Waals surface area contributed by atoms with Crippen LogP contribution in [0.2, 0.25) is 5.02 Å². The predicted molar refractivity (Wildman–Crippen MR) is 57.7 cm³/mol. The van der Waals surface area contributed by atoms with Crippen LogP contribution in [0.15, 0.2) is 25.8 Å². The predicted octanol–water partition coefficient (Wildman–Crippen LogP) is 2.25. The van der Waals surface area contributed by atoms with Crippen molar-refractivity contribution in [2.45, 2.75) is 4.21 Å². The molecule has 0 fully saturated rings. The number of hydrogen-bond acceptors (Lipinski definition) is 4. The van der Waals surface area contributed by atoms with Gasteiger partial charge < -0.3 is 8.97 Å². The van der Waals surface area contributed by atoms with Crippen LogP contribution in [0.1, 0.15) is 0 Å². The van der Waals surface area contributed by atoms with Crippen LogP contribution >= 0.6 is 22.9 Å². The minimum Gasteiger partial charge on any atom is -0.611 e. The van der Waals surface area contributed by atoms with Crippen LogP contribution in [0, 0.1) is 0 Å². The molecule has 2 aromatic rings. The molecular weight excluding hydrogens is 244 g/mol. The highest BCUT2D eigenvalue weighted by Crippen LogP contribution is 2.29. The fourth-order valence-electron chi connectivity index (χ4n) is 1.07. The van der Waals surface area contributed by atoms with Crippen LogP contribution in [0.4, 0.5) is 0 Å². The van der Waals surface area contributed by atoms with Crippen LogP contribution in [-0.4, -0.2) is 10.8 Å². The minimum absolute atomic E-state index is 0.00159. The highest BCUT2D eigenvalue weighted by Gasteiger charge is 2.19. The zero-order valence-electron chi connectivity index (χ0n) is 7.07. The standard InChI is InChI=1S/C8H5ClO3S2/c1-14(11)8-5(9)6(10)7-4(13-8)2-3-12-7/h2-3H,1H3. The second-order valence-electron chi connectivity index (χ2n) is 2.60. The van der Waals surface area contributed by atoms with Gasteiger partial charge in [-0.2, -0.15) is 0 Å². The van der Waals surface area contributed by atoms with Crippen molar-refractivity contribution >= 4 is 44.4 Å². The molecule has 0 spiro atoms. The zero-order chi connectivity index (χ0) is 10.3. The molecule has 0 aliphatic rings. The Morgan fingerprint density at radius 1 is 1.64 bits per heavy atom. The summed E-state index contributed by atoms with van der Waals surface area (Å²) in [5, 5.41) is -0.00159. The molecule has 2 heterocycles. The Balaban J connectivity index is 2.87. The molecule has 2 aromatic heterocycles. The van der Waals surface area contributed by atoms with Crippen molar-refractivity contribution in [3.63, 3.8) is 0 Å². The summed E-state index contributed by atoms with van der Waals surface area (Å²) in [7, 11) is 0. The van der Waals surface area contributed by atoms with Crippen molar-refractivity contribution in [3.05, 3.63) is 27.6 Å². The summed E-state index contributed by atoms with van der Waals surface area (Å²) in [5.41, 5.74) is -0.162. The second-order valence-corrected chi connectivity index (χ2v) is 5.61. The van der Waals surface area contributed by atoms with Crippen molar-refractivity contribution in [1.82, 2.24) is 0 Å². The normalized spacial score (nSPS) is 13.4. The van der Waals surface area contributed by atoms with Crippen LogP contribution in [-0.2, 0) is 11.2 Å². The molecule has 0 aromatic carbocycles. The van der Waals surface area contributed by atoms with Crippen LogP contribution in [0.5, 0.6) is 0 Å². The number of fused-ring (bicyclic) bond motifs is 1. The second kappa shape index (κ2) is 3.58. The molecule has 6 heteroatoms. The SMILES string of the molecule is C[S+]([O-])c1sc2ccoc2c(=O)c1Cl. The molecule has 1 unspecified atom stereocenters. The zero-order valence-corrected chi connectivity index (χ0v) is 9.46. The Morgan fingerprint density at radius 3 is 3.00 bits per heavy atom. The van der Waals surface area contributed by atoms with Gasteiger partial charge >= 0.3 is 0 Å². The van der Waals surface area contributed by atoms with Gasteiger partial charge in [0.15, 0.2) is 10.6 Å². The highest BCUT2D eigenvalue weighted by molar-refractivity contribution is 7.93. The van der Waals surface area contributed by atoms with Gasteiger partial charge in [-0.1, -0.05) is 22.9 Å². The lowest BCUT2D eigenvalue weighted by atomic mass is 10.4. The third-order valence-electron chi connectivity index (χ3n) is 1.68. The molecule has 0 saturated heterocycles. The van der Waals surface area contributed by atoms with Crippen molar-refractivity contribution in [3.8, 4) is 0 Å². The molecule has 0 aliphatic carbocycles. The van der Waals surface area contributed by atoms with Crippen LogP contribution in [0.3, 0.4) is 0 Å². The summed E-state index contributed by atoms with van der Waals surface area (Å²) in [4.78, 5) is 11.6. The first kappa shape index (κ1) is 10.0. The molecule has 0 amide bonds. The molecule has 0 bridgehead atoms. The van der Waals surface area contributed by atoms with E-state index in [0.717, 1.165) is 0 Å². The molecule has 0 radical (unpaired) electrons. The molecular formula is C8H5ClO3S2. The molecule has 0 N–H and O–H groups in total. The van der Waals surface area contributed by atoms with E-state index >= 15 is 0 Å². The summed E-state index contributed by atoms with van der Waals surface area (Å²) in [6.07, 6.45) is 2.91. The number of rotatable bonds is 1. The average Bonchev–Trinajstić information content (AvgIpc) is 2.58. The Hall–Kier alpha value is -0.490. The lowest BCUT2D eigenvalue weighted by Crippen LogP contribution is -2.06. The topological polar surface area (TPSA) is 53.3 Å². The first-order valence-corrected chi connectivity index (χ1v) is 6.39. The smallest absolute Gasteiger partial charge is 0.247 e. The Bertz CT molecular complexity index is 529. The summed E-state index contributed by atoms with van der Waals surface area (Å²) in [6, 6.07) is 1.66. The van der Waals surface area contributed by atoms with Crippen molar-refractivity contribution in [1.29, 1.82) is 0 Å². The van der Waals surface area contributed by atoms with E-state index in [1.54, 1.807) is 6.07 Å². The lowest BCUT2D eigenvalue weighted by Gasteiger charge is -2.03. The number of halogens is 1. The van der Waals surface area contributed by atoms with E-state index < -0.39 is 16.6 Å². The molecule has 3 nitrogen and oxygen atoms in total. The van der Waals surface area contributed by atoms with E-state index in [-0.39, 0.29) is 10.6 Å². The van der Waals surface area contributed by atoms with E-state index in [4.69, 9.17) is 16.0 Å². The van der Waals surface area contributed by atoms with Crippen LogP contribution < -0.4 is 5.43 Å². The first-order valence-electron chi connectivity index (χ1n) is 3.64. The average molecular weight is 249 g/mol. The van der Waals surface area contributed by atoms with Crippen molar-refractivity contribution < 1.29 is 8.97 Å². The molecule has 0 saturated carbocycles. The fourth-order valence-corrected chi connectivity index (χ4v) is 3.42. The summed E-state index contributed by atoms with van der Waals surface area (Å²) in [5.74, 6) is 0. The summed E-state index contributed by atoms with van der Waals surface area (Å²) >= 11 is 5.74. The fraction of sp³-hybridized carbons (Fsp3) is 0.125. The van der Waals surface area contributed by atoms with Gasteiger partial charge in [0.2, 0.25) is 9.64 Å². The van der Waals surface area contributed by atoms with E-state index in [0.29, 0.717) is 8.91 Å². The molecule has 74 valence electrons. The van der Waals surface area contributed by atoms with E-state index in [2.05, 4.69) is 0 Å². The van der Waals surface area contributed by atoms with Gasteiger partial charge in [-0.05, 0) is 17.2 Å². The van der Waals surface area contributed by atoms with E-state index in [1.165, 1.54) is 23.9 Å². The third-order valence-corrected chi connectivity index (χ3v) is 4.87. The number of furan rings is 1. The first-order chi connectivity index (χ1) is 6.61. The molecule has 14 heavy (non-hydrogen) atoms. The van der Waals surface area contributed by atoms with Gasteiger partial charge in [-0.15, -0.1) is 0 Å². The van der Waals surface area contributed by atoms with Gasteiger partial charge in [0.05, 0.1) is 11.0 Å². The van der Waals surface area contributed by atoms with Gasteiger partial charge in [0, 0.05) is 0 Å². The maximum atomic E-state index is 11.6. The van der Waals surface area contributed by atoms with E-state index in [9.17, 15) is 9.35 Å². The van der Waals surface area contributed by atoms with Gasteiger partial charge in [-0.25, -0.2) is 0 Å². The van der Waals surface area contributed by atoms with E-state index in [1.807, 2.05) is 0 Å². The molecule has 2 rings (SSSR count). The Kier molecular flexibility index (Phi) is 2.57. The Morgan fingerprint density at radius 2 is 2.36 bits per heavy atom.